The Hall–Kier alpha value is -3.74. The van der Waals surface area contributed by atoms with Crippen LogP contribution in [0.4, 0.5) is 4.39 Å². The topological polar surface area (TPSA) is 91.5 Å². The van der Waals surface area contributed by atoms with Gasteiger partial charge in [0.2, 0.25) is 5.91 Å². The van der Waals surface area contributed by atoms with Gasteiger partial charge in [-0.2, -0.15) is 0 Å². The number of hydrogen-bond acceptors (Lipinski definition) is 5. The Bertz CT molecular complexity index is 1110. The van der Waals surface area contributed by atoms with Crippen LogP contribution in [0.5, 0.6) is 11.5 Å². The van der Waals surface area contributed by atoms with E-state index in [1.807, 2.05) is 0 Å². The van der Waals surface area contributed by atoms with E-state index < -0.39 is 17.8 Å². The Kier molecular flexibility index (Phi) is 5.18. The summed E-state index contributed by atoms with van der Waals surface area (Å²) in [6, 6.07) is 11.3. The van der Waals surface area contributed by atoms with Gasteiger partial charge in [0.05, 0.1) is 12.2 Å². The summed E-state index contributed by atoms with van der Waals surface area (Å²) in [5.41, 5.74) is 7.77. The molecule has 1 aromatic heterocycles. The third-order valence-corrected chi connectivity index (χ3v) is 5.03. The lowest BCUT2D eigenvalue weighted by atomic mass is 9.99. The first-order chi connectivity index (χ1) is 14.5. The Balaban J connectivity index is 1.78. The summed E-state index contributed by atoms with van der Waals surface area (Å²) in [6.07, 6.45) is 2.76. The lowest BCUT2D eigenvalue weighted by Crippen LogP contribution is -2.18. The lowest BCUT2D eigenvalue weighted by Gasteiger charge is -2.25. The number of Topliss-reactive ketones (excluding diaryl/α,β-unsaturated/α-hetero) is 1. The number of rotatable bonds is 5. The molecule has 0 aliphatic carbocycles. The smallest absolute Gasteiger partial charge is 0.248 e. The molecule has 1 aliphatic heterocycles. The Labute approximate surface area is 172 Å². The number of amides is 1. The first-order valence-corrected chi connectivity index (χ1v) is 9.41. The highest BCUT2D eigenvalue weighted by Crippen LogP contribution is 2.40. The van der Waals surface area contributed by atoms with Crippen LogP contribution >= 0.6 is 0 Å². The maximum Gasteiger partial charge on any atom is 0.248 e. The van der Waals surface area contributed by atoms with E-state index in [0.717, 1.165) is 5.56 Å². The van der Waals surface area contributed by atoms with Crippen molar-refractivity contribution in [3.8, 4) is 11.5 Å². The van der Waals surface area contributed by atoms with Crippen LogP contribution in [0.3, 0.4) is 0 Å². The van der Waals surface area contributed by atoms with Gasteiger partial charge in [-0.1, -0.05) is 12.1 Å². The molecule has 0 radical (unpaired) electrons. The summed E-state index contributed by atoms with van der Waals surface area (Å²) in [4.78, 5) is 27.5. The molecule has 0 fully saturated rings. The molecule has 1 atom stereocenters. The normalized spacial score (nSPS) is 13.9. The molecule has 7 heteroatoms. The molecule has 1 aliphatic rings. The van der Waals surface area contributed by atoms with E-state index in [2.05, 4.69) is 4.98 Å². The van der Waals surface area contributed by atoms with Crippen molar-refractivity contribution in [2.75, 3.05) is 6.61 Å². The van der Waals surface area contributed by atoms with Gasteiger partial charge < -0.3 is 15.2 Å². The standard InChI is InChI=1S/C23H19FN2O4/c1-13-20-17(19(27)8-11-29-20)12-18(24)21(13)30-22(15-6-9-26-10-7-15)14-2-4-16(5-3-14)23(25)28/h2-7,9-10,12,22H,8,11H2,1H3,(H2,25,28)/t22-/m1/s1. The van der Waals surface area contributed by atoms with Crippen LogP contribution in [0.25, 0.3) is 0 Å². The van der Waals surface area contributed by atoms with Gasteiger partial charge in [-0.05, 0) is 48.4 Å². The second-order valence-corrected chi connectivity index (χ2v) is 6.98. The monoisotopic (exact) mass is 406 g/mol. The molecule has 0 saturated carbocycles. The van der Waals surface area contributed by atoms with Crippen molar-refractivity contribution >= 4 is 11.7 Å². The minimum atomic E-state index is -0.680. The van der Waals surface area contributed by atoms with Crippen molar-refractivity contribution in [3.05, 3.63) is 88.5 Å². The number of primary amides is 1. The van der Waals surface area contributed by atoms with Gasteiger partial charge in [-0.3, -0.25) is 14.6 Å². The zero-order valence-electron chi connectivity index (χ0n) is 16.2. The van der Waals surface area contributed by atoms with E-state index in [0.29, 0.717) is 22.4 Å². The van der Waals surface area contributed by atoms with Crippen molar-refractivity contribution < 1.29 is 23.5 Å². The number of carbonyl (C=O) groups excluding carboxylic acids is 2. The minimum absolute atomic E-state index is 0.00393. The number of halogens is 1. The fourth-order valence-corrected chi connectivity index (χ4v) is 3.47. The van der Waals surface area contributed by atoms with Crippen LogP contribution in [0, 0.1) is 12.7 Å². The van der Waals surface area contributed by atoms with E-state index in [9.17, 15) is 14.0 Å². The fourth-order valence-electron chi connectivity index (χ4n) is 3.47. The quantitative estimate of drug-likeness (QED) is 0.697. The van der Waals surface area contributed by atoms with Crippen molar-refractivity contribution in [2.24, 2.45) is 5.73 Å². The third-order valence-electron chi connectivity index (χ3n) is 5.03. The number of aromatic nitrogens is 1. The molecule has 2 aromatic carbocycles. The Morgan fingerprint density at radius 2 is 1.83 bits per heavy atom. The molecule has 4 rings (SSSR count). The van der Waals surface area contributed by atoms with Crippen LogP contribution in [-0.2, 0) is 0 Å². The molecule has 3 aromatic rings. The summed E-state index contributed by atoms with van der Waals surface area (Å²) < 4.78 is 26.7. The van der Waals surface area contributed by atoms with Crippen LogP contribution in [0.15, 0.2) is 54.9 Å². The van der Waals surface area contributed by atoms with Crippen molar-refractivity contribution in [3.63, 3.8) is 0 Å². The summed E-state index contributed by atoms with van der Waals surface area (Å²) in [5.74, 6) is -0.985. The van der Waals surface area contributed by atoms with Crippen LogP contribution in [0.1, 0.15) is 49.9 Å². The fraction of sp³-hybridized carbons (Fsp3) is 0.174. The van der Waals surface area contributed by atoms with Gasteiger partial charge >= 0.3 is 0 Å². The van der Waals surface area contributed by atoms with Gasteiger partial charge in [0.1, 0.15) is 11.9 Å². The lowest BCUT2D eigenvalue weighted by molar-refractivity contribution is 0.0930. The molecule has 0 bridgehead atoms. The van der Waals surface area contributed by atoms with Crippen LogP contribution in [-0.4, -0.2) is 23.3 Å². The maximum absolute atomic E-state index is 15.0. The van der Waals surface area contributed by atoms with Gasteiger partial charge in [0, 0.05) is 29.9 Å². The average molecular weight is 406 g/mol. The number of carbonyl (C=O) groups is 2. The Morgan fingerprint density at radius 3 is 2.50 bits per heavy atom. The molecule has 152 valence electrons. The minimum Gasteiger partial charge on any atom is -0.492 e. The molecular formula is C23H19FN2O4. The molecule has 2 N–H and O–H groups in total. The van der Waals surface area contributed by atoms with E-state index >= 15 is 0 Å². The van der Waals surface area contributed by atoms with Crippen LogP contribution in [0.2, 0.25) is 0 Å². The maximum atomic E-state index is 15.0. The van der Waals surface area contributed by atoms with E-state index in [1.165, 1.54) is 6.07 Å². The second-order valence-electron chi connectivity index (χ2n) is 6.98. The number of pyridine rings is 1. The van der Waals surface area contributed by atoms with Crippen molar-refractivity contribution in [2.45, 2.75) is 19.4 Å². The predicted octanol–water partition coefficient (Wildman–Crippen LogP) is 3.76. The molecule has 0 spiro atoms. The van der Waals surface area contributed by atoms with Crippen molar-refractivity contribution in [1.29, 1.82) is 0 Å². The van der Waals surface area contributed by atoms with Gasteiger partial charge in [-0.15, -0.1) is 0 Å². The highest BCUT2D eigenvalue weighted by atomic mass is 19.1. The summed E-state index contributed by atoms with van der Waals surface area (Å²) in [5, 5.41) is 0. The first kappa shape index (κ1) is 19.6. The molecule has 1 amide bonds. The van der Waals surface area contributed by atoms with Gasteiger partial charge in [0.25, 0.3) is 0 Å². The zero-order valence-corrected chi connectivity index (χ0v) is 16.2. The molecule has 2 heterocycles. The third kappa shape index (κ3) is 3.61. The predicted molar refractivity (Wildman–Crippen MR) is 107 cm³/mol. The number of fused-ring (bicyclic) bond motifs is 1. The molecule has 0 saturated heterocycles. The summed E-state index contributed by atoms with van der Waals surface area (Å²) in [6.45, 7) is 1.91. The first-order valence-electron chi connectivity index (χ1n) is 9.41. The number of nitrogens with two attached hydrogens (primary N) is 1. The van der Waals surface area contributed by atoms with Crippen molar-refractivity contribution in [1.82, 2.24) is 4.98 Å². The average Bonchev–Trinajstić information content (AvgIpc) is 2.75. The molecule has 6 nitrogen and oxygen atoms in total. The van der Waals surface area contributed by atoms with Gasteiger partial charge in [-0.25, -0.2) is 4.39 Å². The molecule has 30 heavy (non-hydrogen) atoms. The summed E-state index contributed by atoms with van der Waals surface area (Å²) in [7, 11) is 0. The van der Waals surface area contributed by atoms with Crippen LogP contribution < -0.4 is 15.2 Å². The zero-order chi connectivity index (χ0) is 21.3. The molecule has 0 unspecified atom stereocenters. The van der Waals surface area contributed by atoms with E-state index in [1.54, 1.807) is 55.7 Å². The number of nitrogens with zero attached hydrogens (tertiary/aromatic N) is 1. The van der Waals surface area contributed by atoms with E-state index in [4.69, 9.17) is 15.2 Å². The van der Waals surface area contributed by atoms with Gasteiger partial charge in [0.15, 0.2) is 17.3 Å². The number of benzene rings is 2. The molecular weight excluding hydrogens is 387 g/mol. The Morgan fingerprint density at radius 1 is 1.17 bits per heavy atom. The SMILES string of the molecule is Cc1c(O[C@@H](c2ccncc2)c2ccc(C(N)=O)cc2)c(F)cc2c1OCCC2=O. The number of ketones is 1. The number of ether oxygens (including phenoxy) is 2. The number of hydrogen-bond donors (Lipinski definition) is 1. The highest BCUT2D eigenvalue weighted by molar-refractivity contribution is 6.00. The largest absolute Gasteiger partial charge is 0.492 e. The summed E-state index contributed by atoms with van der Waals surface area (Å²) >= 11 is 0. The second kappa shape index (κ2) is 7.94. The highest BCUT2D eigenvalue weighted by Gasteiger charge is 2.27. The van der Waals surface area contributed by atoms with E-state index in [-0.39, 0.29) is 30.1 Å².